The fraction of sp³-hybridized carbons (Fsp3) is 0.583. The molecule has 0 aromatic carbocycles. The summed E-state index contributed by atoms with van der Waals surface area (Å²) in [5.41, 5.74) is -0.717. The van der Waals surface area contributed by atoms with Gasteiger partial charge in [0.25, 0.3) is 0 Å². The molecular weight excluding hydrogens is 281 g/mol. The van der Waals surface area contributed by atoms with Crippen LogP contribution in [-0.4, -0.2) is 24.7 Å². The second kappa shape index (κ2) is 5.17. The number of fused-ring (bicyclic) bond motifs is 1. The predicted octanol–water partition coefficient (Wildman–Crippen LogP) is 2.37. The van der Waals surface area contributed by atoms with Gasteiger partial charge in [-0.15, -0.1) is 12.4 Å². The fourth-order valence-corrected chi connectivity index (χ4v) is 2.64. The molecular formula is C12H14ClF3N2O. The molecule has 0 spiro atoms. The van der Waals surface area contributed by atoms with E-state index >= 15 is 0 Å². The molecule has 3 atom stereocenters. The number of nitrogens with zero attached hydrogens (tertiary/aromatic N) is 1. The van der Waals surface area contributed by atoms with Crippen LogP contribution in [0.15, 0.2) is 18.3 Å². The molecule has 19 heavy (non-hydrogen) atoms. The topological polar surface area (TPSA) is 34.1 Å². The highest BCUT2D eigenvalue weighted by Gasteiger charge is 2.53. The number of pyridine rings is 1. The van der Waals surface area contributed by atoms with Crippen molar-refractivity contribution in [3.05, 3.63) is 23.9 Å². The Hall–Kier alpha value is -1.01. The van der Waals surface area contributed by atoms with E-state index in [1.807, 2.05) is 0 Å². The maximum absolute atomic E-state index is 12.5. The van der Waals surface area contributed by atoms with Crippen molar-refractivity contribution < 1.29 is 17.9 Å². The van der Waals surface area contributed by atoms with Crippen LogP contribution in [0.3, 0.4) is 0 Å². The summed E-state index contributed by atoms with van der Waals surface area (Å²) in [6, 6.07) is 1.90. The zero-order valence-corrected chi connectivity index (χ0v) is 10.8. The monoisotopic (exact) mass is 294 g/mol. The van der Waals surface area contributed by atoms with E-state index in [0.29, 0.717) is 24.4 Å². The Kier molecular flexibility index (Phi) is 3.92. The first-order chi connectivity index (χ1) is 8.55. The first kappa shape index (κ1) is 14.4. The van der Waals surface area contributed by atoms with Gasteiger partial charge in [-0.1, -0.05) is 0 Å². The molecule has 0 amide bonds. The molecule has 2 heterocycles. The average molecular weight is 295 g/mol. The summed E-state index contributed by atoms with van der Waals surface area (Å²) in [6.07, 6.45) is -3.21. The summed E-state index contributed by atoms with van der Waals surface area (Å²) in [5, 5.41) is 3.26. The van der Waals surface area contributed by atoms with Crippen LogP contribution in [0.25, 0.3) is 0 Å². The molecule has 1 unspecified atom stereocenters. The Morgan fingerprint density at radius 2 is 2.00 bits per heavy atom. The van der Waals surface area contributed by atoms with E-state index in [4.69, 9.17) is 4.74 Å². The van der Waals surface area contributed by atoms with Crippen molar-refractivity contribution in [2.45, 2.75) is 6.18 Å². The van der Waals surface area contributed by atoms with Gasteiger partial charge < -0.3 is 10.1 Å². The number of piperidine rings is 1. The Balaban J connectivity index is 0.00000133. The van der Waals surface area contributed by atoms with Crippen LogP contribution < -0.4 is 10.1 Å². The van der Waals surface area contributed by atoms with Crippen LogP contribution in [-0.2, 0) is 6.18 Å². The second-order valence-corrected chi connectivity index (χ2v) is 4.84. The molecule has 1 saturated heterocycles. The third-order valence-electron chi connectivity index (χ3n) is 3.75. The van der Waals surface area contributed by atoms with Crippen LogP contribution in [0, 0.1) is 17.8 Å². The number of alkyl halides is 3. The molecule has 2 aliphatic rings. The van der Waals surface area contributed by atoms with Crippen LogP contribution >= 0.6 is 12.4 Å². The molecule has 7 heteroatoms. The van der Waals surface area contributed by atoms with Crippen LogP contribution in [0.5, 0.6) is 5.88 Å². The van der Waals surface area contributed by atoms with Crippen molar-refractivity contribution in [2.75, 3.05) is 19.7 Å². The lowest BCUT2D eigenvalue weighted by Crippen LogP contribution is -2.18. The first-order valence-electron chi connectivity index (χ1n) is 5.92. The molecule has 0 radical (unpaired) electrons. The van der Waals surface area contributed by atoms with Crippen molar-refractivity contribution in [2.24, 2.45) is 17.8 Å². The third kappa shape index (κ3) is 2.95. The summed E-state index contributed by atoms with van der Waals surface area (Å²) < 4.78 is 42.8. The molecule has 2 fully saturated rings. The van der Waals surface area contributed by atoms with E-state index < -0.39 is 11.7 Å². The summed E-state index contributed by atoms with van der Waals surface area (Å²) in [5.74, 6) is 1.80. The maximum Gasteiger partial charge on any atom is 0.416 e. The minimum Gasteiger partial charge on any atom is -0.477 e. The Labute approximate surface area is 115 Å². The smallest absolute Gasteiger partial charge is 0.416 e. The Morgan fingerprint density at radius 1 is 1.32 bits per heavy atom. The molecule has 1 aliphatic carbocycles. The average Bonchev–Trinajstić information content (AvgIpc) is 2.77. The molecule has 1 N–H and O–H groups in total. The molecule has 1 aliphatic heterocycles. The summed E-state index contributed by atoms with van der Waals surface area (Å²) >= 11 is 0. The van der Waals surface area contributed by atoms with Gasteiger partial charge in [-0.2, -0.15) is 13.2 Å². The minimum absolute atomic E-state index is 0. The van der Waals surface area contributed by atoms with Gasteiger partial charge in [-0.3, -0.25) is 0 Å². The highest BCUT2D eigenvalue weighted by Crippen LogP contribution is 2.48. The van der Waals surface area contributed by atoms with E-state index in [-0.39, 0.29) is 18.3 Å². The molecule has 1 aromatic rings. The molecule has 0 bridgehead atoms. The molecule has 106 valence electrons. The predicted molar refractivity (Wildman–Crippen MR) is 65.3 cm³/mol. The number of nitrogens with one attached hydrogen (secondary N) is 1. The fourth-order valence-electron chi connectivity index (χ4n) is 2.64. The van der Waals surface area contributed by atoms with Crippen molar-refractivity contribution in [3.8, 4) is 5.88 Å². The summed E-state index contributed by atoms with van der Waals surface area (Å²) in [7, 11) is 0. The zero-order valence-electron chi connectivity index (χ0n) is 9.98. The minimum atomic E-state index is -4.35. The van der Waals surface area contributed by atoms with Crippen LogP contribution in [0.2, 0.25) is 0 Å². The SMILES string of the molecule is Cl.FC(F)(F)c1ccnc(OCC2[C@H]3CNC[C@@H]23)c1. The highest BCUT2D eigenvalue weighted by atomic mass is 35.5. The first-order valence-corrected chi connectivity index (χ1v) is 5.92. The lowest BCUT2D eigenvalue weighted by atomic mass is 10.2. The number of ether oxygens (including phenoxy) is 1. The van der Waals surface area contributed by atoms with E-state index in [0.717, 1.165) is 31.4 Å². The molecule has 1 aromatic heterocycles. The second-order valence-electron chi connectivity index (χ2n) is 4.84. The third-order valence-corrected chi connectivity index (χ3v) is 3.75. The number of aromatic nitrogens is 1. The number of rotatable bonds is 3. The lowest BCUT2D eigenvalue weighted by molar-refractivity contribution is -0.137. The quantitative estimate of drug-likeness (QED) is 0.929. The van der Waals surface area contributed by atoms with Crippen LogP contribution in [0.4, 0.5) is 13.2 Å². The largest absolute Gasteiger partial charge is 0.477 e. The number of hydrogen-bond donors (Lipinski definition) is 1. The maximum atomic E-state index is 12.5. The molecule has 1 saturated carbocycles. The van der Waals surface area contributed by atoms with E-state index in [1.54, 1.807) is 0 Å². The summed E-state index contributed by atoms with van der Waals surface area (Å²) in [6.45, 7) is 2.45. The zero-order chi connectivity index (χ0) is 12.8. The van der Waals surface area contributed by atoms with Gasteiger partial charge in [-0.05, 0) is 31.0 Å². The normalized spacial score (nSPS) is 28.5. The summed E-state index contributed by atoms with van der Waals surface area (Å²) in [4.78, 5) is 3.81. The van der Waals surface area contributed by atoms with Gasteiger partial charge in [0.1, 0.15) is 0 Å². The van der Waals surface area contributed by atoms with Gasteiger partial charge >= 0.3 is 6.18 Å². The Morgan fingerprint density at radius 3 is 2.63 bits per heavy atom. The van der Waals surface area contributed by atoms with Gasteiger partial charge in [0.05, 0.1) is 12.2 Å². The molecule has 3 rings (SSSR count). The van der Waals surface area contributed by atoms with Crippen molar-refractivity contribution >= 4 is 12.4 Å². The van der Waals surface area contributed by atoms with Gasteiger partial charge in [-0.25, -0.2) is 4.98 Å². The molecule has 3 nitrogen and oxygen atoms in total. The number of halogens is 4. The number of hydrogen-bond acceptors (Lipinski definition) is 3. The highest BCUT2D eigenvalue weighted by molar-refractivity contribution is 5.85. The van der Waals surface area contributed by atoms with E-state index in [9.17, 15) is 13.2 Å². The lowest BCUT2D eigenvalue weighted by Gasteiger charge is -2.10. The van der Waals surface area contributed by atoms with Crippen molar-refractivity contribution in [3.63, 3.8) is 0 Å². The van der Waals surface area contributed by atoms with Gasteiger partial charge in [0.2, 0.25) is 5.88 Å². The van der Waals surface area contributed by atoms with Gasteiger partial charge in [0.15, 0.2) is 0 Å². The standard InChI is InChI=1S/C12H13F3N2O.ClH/c13-12(14,15)7-1-2-17-11(3-7)18-6-10-8-4-16-5-9(8)10;/h1-3,8-10,16H,4-6H2;1H/t8-,9+,10?;. The van der Waals surface area contributed by atoms with E-state index in [1.165, 1.54) is 0 Å². The van der Waals surface area contributed by atoms with Crippen LogP contribution in [0.1, 0.15) is 5.56 Å². The Bertz CT molecular complexity index is 445. The van der Waals surface area contributed by atoms with Crippen molar-refractivity contribution in [1.29, 1.82) is 0 Å². The van der Waals surface area contributed by atoms with Crippen molar-refractivity contribution in [1.82, 2.24) is 10.3 Å². The van der Waals surface area contributed by atoms with E-state index in [2.05, 4.69) is 10.3 Å². The van der Waals surface area contributed by atoms with Gasteiger partial charge in [0, 0.05) is 18.2 Å².